The second-order valence-electron chi connectivity index (χ2n) is 4.57. The first-order valence-electron chi connectivity index (χ1n) is 6.48. The van der Waals surface area contributed by atoms with E-state index in [1.807, 2.05) is 24.3 Å². The Kier molecular flexibility index (Phi) is 4.71. The van der Waals surface area contributed by atoms with Crippen molar-refractivity contribution in [3.63, 3.8) is 0 Å². The third kappa shape index (κ3) is 3.75. The van der Waals surface area contributed by atoms with E-state index in [-0.39, 0.29) is 11.6 Å². The first kappa shape index (κ1) is 16.1. The molecule has 0 amide bonds. The Morgan fingerprint density at radius 2 is 1.87 bits per heavy atom. The van der Waals surface area contributed by atoms with E-state index in [9.17, 15) is 5.11 Å². The van der Waals surface area contributed by atoms with Gasteiger partial charge in [-0.1, -0.05) is 39.1 Å². The van der Waals surface area contributed by atoms with E-state index in [2.05, 4.69) is 25.9 Å². The molecule has 1 heterocycles. The normalized spacial score (nSPS) is 11.3. The third-order valence-corrected chi connectivity index (χ3v) is 4.03. The fourth-order valence-corrected chi connectivity index (χ4v) is 2.56. The third-order valence-electron chi connectivity index (χ3n) is 2.96. The van der Waals surface area contributed by atoms with Gasteiger partial charge < -0.3 is 9.52 Å². The van der Waals surface area contributed by atoms with Crippen LogP contribution in [0.15, 0.2) is 56.3 Å². The fraction of sp³-hybridized carbons (Fsp3) is 0. The van der Waals surface area contributed by atoms with Crippen LogP contribution in [0.2, 0.25) is 10.0 Å². The Balaban J connectivity index is 1.89. The Labute approximate surface area is 150 Å². The van der Waals surface area contributed by atoms with E-state index in [4.69, 9.17) is 27.6 Å². The summed E-state index contributed by atoms with van der Waals surface area (Å²) in [7, 11) is 0. The van der Waals surface area contributed by atoms with Gasteiger partial charge in [0, 0.05) is 15.1 Å². The summed E-state index contributed by atoms with van der Waals surface area (Å²) in [5.74, 6) is -0.00425. The van der Waals surface area contributed by atoms with E-state index in [1.54, 1.807) is 18.2 Å². The molecule has 0 aliphatic rings. The van der Waals surface area contributed by atoms with Gasteiger partial charge in [0.1, 0.15) is 0 Å². The average molecular weight is 412 g/mol. The highest BCUT2D eigenvalue weighted by Crippen LogP contribution is 2.29. The average Bonchev–Trinajstić information content (AvgIpc) is 2.88. The van der Waals surface area contributed by atoms with Gasteiger partial charge in [0.25, 0.3) is 0 Å². The first-order valence-corrected chi connectivity index (χ1v) is 8.02. The van der Waals surface area contributed by atoms with Gasteiger partial charge in [-0.2, -0.15) is 0 Å². The topological polar surface area (TPSA) is 58.6 Å². The van der Waals surface area contributed by atoms with Crippen LogP contribution in [0.25, 0.3) is 11.5 Å². The molecular weight excluding hydrogens is 403 g/mol. The largest absolute Gasteiger partial charge is 0.479 e. The minimum Gasteiger partial charge on any atom is -0.479 e. The zero-order valence-electron chi connectivity index (χ0n) is 11.5. The van der Waals surface area contributed by atoms with Crippen molar-refractivity contribution in [2.24, 2.45) is 4.99 Å². The minimum absolute atomic E-state index is 0.217. The number of nitrogens with zero attached hydrogens (tertiary/aromatic N) is 2. The molecule has 116 valence electrons. The first-order chi connectivity index (χ1) is 11.0. The lowest BCUT2D eigenvalue weighted by Gasteiger charge is -1.97. The maximum Gasteiger partial charge on any atom is 0.312 e. The molecule has 7 heteroatoms. The monoisotopic (exact) mass is 410 g/mol. The summed E-state index contributed by atoms with van der Waals surface area (Å²) in [6, 6.07) is 12.3. The molecule has 1 aromatic heterocycles. The second kappa shape index (κ2) is 6.74. The van der Waals surface area contributed by atoms with Gasteiger partial charge in [-0.25, -0.2) is 4.98 Å². The van der Waals surface area contributed by atoms with E-state index < -0.39 is 0 Å². The number of halogens is 3. The molecule has 0 atom stereocenters. The van der Waals surface area contributed by atoms with Crippen LogP contribution in [0.5, 0.6) is 5.95 Å². The number of aliphatic imine (C=N–C) groups is 1. The molecule has 0 unspecified atom stereocenters. The highest BCUT2D eigenvalue weighted by atomic mass is 79.9. The summed E-state index contributed by atoms with van der Waals surface area (Å²) >= 11 is 15.2. The van der Waals surface area contributed by atoms with Crippen LogP contribution in [-0.2, 0) is 0 Å². The molecule has 3 aromatic rings. The standard InChI is InChI=1S/C16H9BrCl2N2O2/c17-10-3-1-9(2-4-10)15-21-14(16(22)23-15)8-20-13-6-5-11(18)7-12(13)19/h1-8,22H. The number of hydrogen-bond acceptors (Lipinski definition) is 4. The van der Waals surface area contributed by atoms with Gasteiger partial charge >= 0.3 is 5.95 Å². The predicted molar refractivity (Wildman–Crippen MR) is 95.0 cm³/mol. The molecule has 3 rings (SSSR count). The van der Waals surface area contributed by atoms with E-state index >= 15 is 0 Å². The summed E-state index contributed by atoms with van der Waals surface area (Å²) in [4.78, 5) is 8.42. The van der Waals surface area contributed by atoms with Crippen molar-refractivity contribution in [2.75, 3.05) is 0 Å². The maximum absolute atomic E-state index is 9.85. The van der Waals surface area contributed by atoms with Crippen LogP contribution in [-0.4, -0.2) is 16.3 Å². The molecule has 0 bridgehead atoms. The molecule has 0 aliphatic carbocycles. The van der Waals surface area contributed by atoms with Crippen molar-refractivity contribution in [3.05, 3.63) is 62.7 Å². The van der Waals surface area contributed by atoms with Crippen LogP contribution in [0.3, 0.4) is 0 Å². The number of oxazole rings is 1. The molecule has 1 N–H and O–H groups in total. The van der Waals surface area contributed by atoms with Gasteiger partial charge in [0.15, 0.2) is 5.69 Å². The summed E-state index contributed by atoms with van der Waals surface area (Å²) in [6.07, 6.45) is 1.39. The highest BCUT2D eigenvalue weighted by Gasteiger charge is 2.12. The molecular formula is C16H9BrCl2N2O2. The summed E-state index contributed by atoms with van der Waals surface area (Å²) in [5.41, 5.74) is 1.48. The van der Waals surface area contributed by atoms with Gasteiger partial charge in [-0.3, -0.25) is 4.99 Å². The van der Waals surface area contributed by atoms with Crippen LogP contribution in [0.1, 0.15) is 5.69 Å². The fourth-order valence-electron chi connectivity index (χ4n) is 1.84. The van der Waals surface area contributed by atoms with Gasteiger partial charge in [0.2, 0.25) is 5.89 Å². The van der Waals surface area contributed by atoms with Gasteiger partial charge in [-0.15, -0.1) is 0 Å². The lowest BCUT2D eigenvalue weighted by molar-refractivity contribution is 0.337. The molecule has 0 spiro atoms. The van der Waals surface area contributed by atoms with Crippen molar-refractivity contribution < 1.29 is 9.52 Å². The molecule has 0 fully saturated rings. The Morgan fingerprint density at radius 3 is 2.57 bits per heavy atom. The summed E-state index contributed by atoms with van der Waals surface area (Å²) < 4.78 is 6.20. The van der Waals surface area contributed by atoms with E-state index in [0.717, 1.165) is 10.0 Å². The zero-order chi connectivity index (χ0) is 16.4. The molecule has 23 heavy (non-hydrogen) atoms. The number of aromatic nitrogens is 1. The van der Waals surface area contributed by atoms with Gasteiger partial charge in [-0.05, 0) is 42.5 Å². The van der Waals surface area contributed by atoms with Crippen LogP contribution in [0, 0.1) is 0 Å². The van der Waals surface area contributed by atoms with Crippen molar-refractivity contribution >= 4 is 51.0 Å². The quantitative estimate of drug-likeness (QED) is 0.548. The van der Waals surface area contributed by atoms with E-state index in [1.165, 1.54) is 6.21 Å². The summed E-state index contributed by atoms with van der Waals surface area (Å²) in [5, 5.41) is 10.8. The number of hydrogen-bond donors (Lipinski definition) is 1. The smallest absolute Gasteiger partial charge is 0.312 e. The summed E-state index contributed by atoms with van der Waals surface area (Å²) in [6.45, 7) is 0. The van der Waals surface area contributed by atoms with Crippen molar-refractivity contribution in [1.82, 2.24) is 4.98 Å². The number of aromatic hydroxyl groups is 1. The SMILES string of the molecule is Oc1oc(-c2ccc(Br)cc2)nc1C=Nc1ccc(Cl)cc1Cl. The molecule has 0 saturated carbocycles. The van der Waals surface area contributed by atoms with Gasteiger partial charge in [0.05, 0.1) is 16.9 Å². The molecule has 2 aromatic carbocycles. The zero-order valence-corrected chi connectivity index (χ0v) is 14.6. The highest BCUT2D eigenvalue weighted by molar-refractivity contribution is 9.10. The van der Waals surface area contributed by atoms with Crippen molar-refractivity contribution in [3.8, 4) is 17.4 Å². The van der Waals surface area contributed by atoms with E-state index in [0.29, 0.717) is 21.6 Å². The van der Waals surface area contributed by atoms with Crippen molar-refractivity contribution in [2.45, 2.75) is 0 Å². The molecule has 0 aliphatic heterocycles. The van der Waals surface area contributed by atoms with Crippen molar-refractivity contribution in [1.29, 1.82) is 0 Å². The second-order valence-corrected chi connectivity index (χ2v) is 6.33. The number of rotatable bonds is 3. The number of benzene rings is 2. The van der Waals surface area contributed by atoms with Crippen LogP contribution >= 0.6 is 39.1 Å². The molecule has 4 nitrogen and oxygen atoms in total. The van der Waals surface area contributed by atoms with Crippen LogP contribution < -0.4 is 0 Å². The lowest BCUT2D eigenvalue weighted by Crippen LogP contribution is -1.83. The predicted octanol–water partition coefficient (Wildman–Crippen LogP) is 5.87. The van der Waals surface area contributed by atoms with Crippen LogP contribution in [0.4, 0.5) is 5.69 Å². The Morgan fingerprint density at radius 1 is 1.13 bits per heavy atom. The molecule has 0 saturated heterocycles. The Hall–Kier alpha value is -1.82. The molecule has 0 radical (unpaired) electrons. The maximum atomic E-state index is 9.85. The Bertz CT molecular complexity index is 876. The minimum atomic E-state index is -0.309. The lowest BCUT2D eigenvalue weighted by atomic mass is 10.2.